The van der Waals surface area contributed by atoms with Gasteiger partial charge in [-0.25, -0.2) is 4.98 Å². The molecule has 0 unspecified atom stereocenters. The molecule has 0 radical (unpaired) electrons. The fourth-order valence-electron chi connectivity index (χ4n) is 2.57. The average molecular weight is 273 g/mol. The summed E-state index contributed by atoms with van der Waals surface area (Å²) >= 11 is 1.72. The predicted octanol–water partition coefficient (Wildman–Crippen LogP) is 2.69. The highest BCUT2D eigenvalue weighted by molar-refractivity contribution is 7.09. The monoisotopic (exact) mass is 273 g/mol. The van der Waals surface area contributed by atoms with Crippen molar-refractivity contribution in [3.05, 3.63) is 51.0 Å². The van der Waals surface area contributed by atoms with Crippen LogP contribution in [0.15, 0.2) is 23.6 Å². The van der Waals surface area contributed by atoms with Gasteiger partial charge in [0, 0.05) is 31.6 Å². The number of rotatable bonds is 4. The van der Waals surface area contributed by atoms with Crippen LogP contribution in [0.2, 0.25) is 0 Å². The molecule has 0 fully saturated rings. The van der Waals surface area contributed by atoms with Gasteiger partial charge >= 0.3 is 0 Å². The molecule has 0 amide bonds. The molecule has 1 aromatic carbocycles. The summed E-state index contributed by atoms with van der Waals surface area (Å²) in [5, 5.41) is 6.69. The molecule has 1 aliphatic heterocycles. The van der Waals surface area contributed by atoms with Gasteiger partial charge in [-0.3, -0.25) is 4.90 Å². The lowest BCUT2D eigenvalue weighted by atomic mass is 10.1. The molecule has 2 aromatic rings. The molecule has 0 saturated carbocycles. The first-order valence-electron chi connectivity index (χ1n) is 6.61. The molecule has 1 N–H and O–H groups in total. The molecular weight excluding hydrogens is 254 g/mol. The Morgan fingerprint density at radius 1 is 1.26 bits per heavy atom. The second-order valence-corrected chi connectivity index (χ2v) is 6.30. The van der Waals surface area contributed by atoms with Crippen molar-refractivity contribution in [2.24, 2.45) is 0 Å². The molecule has 3 nitrogen and oxygen atoms in total. The maximum absolute atomic E-state index is 4.52. The molecule has 3 rings (SSSR count). The number of aryl methyl sites for hydroxylation is 1. The van der Waals surface area contributed by atoms with Crippen LogP contribution in [0.3, 0.4) is 0 Å². The van der Waals surface area contributed by atoms with Crippen LogP contribution in [-0.2, 0) is 26.2 Å². The summed E-state index contributed by atoms with van der Waals surface area (Å²) in [6, 6.07) is 6.83. The van der Waals surface area contributed by atoms with Crippen molar-refractivity contribution in [3.8, 4) is 0 Å². The lowest BCUT2D eigenvalue weighted by Gasteiger charge is -2.16. The number of aromatic nitrogens is 1. The van der Waals surface area contributed by atoms with Crippen LogP contribution < -0.4 is 5.32 Å². The molecule has 1 aromatic heterocycles. The second-order valence-electron chi connectivity index (χ2n) is 5.24. The van der Waals surface area contributed by atoms with Gasteiger partial charge in [-0.2, -0.15) is 0 Å². The molecule has 2 heterocycles. The third-order valence-electron chi connectivity index (χ3n) is 3.45. The minimum absolute atomic E-state index is 0.916. The molecule has 4 heteroatoms. The summed E-state index contributed by atoms with van der Waals surface area (Å²) in [5.74, 6) is 0. The zero-order valence-corrected chi connectivity index (χ0v) is 12.3. The largest absolute Gasteiger partial charge is 0.309 e. The fourth-order valence-corrected chi connectivity index (χ4v) is 3.18. The van der Waals surface area contributed by atoms with E-state index in [0.717, 1.165) is 31.2 Å². The lowest BCUT2D eigenvalue weighted by molar-refractivity contribution is 0.315. The molecule has 0 saturated heterocycles. The van der Waals surface area contributed by atoms with Gasteiger partial charge in [0.2, 0.25) is 0 Å². The van der Waals surface area contributed by atoms with Crippen LogP contribution >= 0.6 is 11.3 Å². The van der Waals surface area contributed by atoms with E-state index in [2.05, 4.69) is 52.8 Å². The highest BCUT2D eigenvalue weighted by Gasteiger charge is 2.11. The van der Waals surface area contributed by atoms with E-state index in [9.17, 15) is 0 Å². The average Bonchev–Trinajstić information content (AvgIpc) is 2.97. The number of thiazole rings is 1. The number of nitrogens with zero attached hydrogens (tertiary/aromatic N) is 2. The highest BCUT2D eigenvalue weighted by atomic mass is 32.1. The molecule has 1 aliphatic rings. The Morgan fingerprint density at radius 3 is 2.89 bits per heavy atom. The topological polar surface area (TPSA) is 28.2 Å². The lowest BCUT2D eigenvalue weighted by Crippen LogP contribution is -2.17. The Kier molecular flexibility index (Phi) is 3.64. The smallest absolute Gasteiger partial charge is 0.0897 e. The van der Waals surface area contributed by atoms with Crippen molar-refractivity contribution in [2.45, 2.75) is 33.1 Å². The van der Waals surface area contributed by atoms with E-state index in [4.69, 9.17) is 0 Å². The number of benzene rings is 1. The van der Waals surface area contributed by atoms with Gasteiger partial charge in [0.05, 0.1) is 10.7 Å². The zero-order valence-electron chi connectivity index (χ0n) is 11.4. The quantitative estimate of drug-likeness (QED) is 0.928. The SMILES string of the molecule is Cc1nc(CN(C)Cc2ccc3c(c2)CNC3)cs1. The summed E-state index contributed by atoms with van der Waals surface area (Å²) in [4.78, 5) is 6.84. The van der Waals surface area contributed by atoms with Crippen molar-refractivity contribution >= 4 is 11.3 Å². The Bertz CT molecular complexity index is 577. The standard InChI is InChI=1S/C15H19N3S/c1-11-17-15(10-19-11)9-18(2)8-12-3-4-13-6-16-7-14(13)5-12/h3-5,10,16H,6-9H2,1-2H3. The molecular formula is C15H19N3S. The third-order valence-corrected chi connectivity index (χ3v) is 4.27. The van der Waals surface area contributed by atoms with Crippen LogP contribution in [0.4, 0.5) is 0 Å². The maximum atomic E-state index is 4.52. The van der Waals surface area contributed by atoms with Gasteiger partial charge in [0.25, 0.3) is 0 Å². The van der Waals surface area contributed by atoms with E-state index in [1.54, 1.807) is 11.3 Å². The van der Waals surface area contributed by atoms with E-state index in [0.29, 0.717) is 0 Å². The summed E-state index contributed by atoms with van der Waals surface area (Å²) in [6.45, 7) is 5.98. The molecule has 19 heavy (non-hydrogen) atoms. The Balaban J connectivity index is 1.64. The first kappa shape index (κ1) is 12.8. The summed E-state index contributed by atoms with van der Waals surface area (Å²) in [6.07, 6.45) is 0. The van der Waals surface area contributed by atoms with Crippen molar-refractivity contribution < 1.29 is 0 Å². The van der Waals surface area contributed by atoms with E-state index in [1.165, 1.54) is 22.4 Å². The molecule has 0 atom stereocenters. The number of hydrogen-bond donors (Lipinski definition) is 1. The van der Waals surface area contributed by atoms with E-state index < -0.39 is 0 Å². The van der Waals surface area contributed by atoms with Crippen LogP contribution in [0, 0.1) is 6.92 Å². The van der Waals surface area contributed by atoms with Gasteiger partial charge in [0.1, 0.15) is 0 Å². The van der Waals surface area contributed by atoms with Crippen LogP contribution in [0.5, 0.6) is 0 Å². The number of nitrogens with one attached hydrogen (secondary N) is 1. The number of fused-ring (bicyclic) bond motifs is 1. The van der Waals surface area contributed by atoms with Gasteiger partial charge in [0.15, 0.2) is 0 Å². The first-order valence-corrected chi connectivity index (χ1v) is 7.49. The van der Waals surface area contributed by atoms with Crippen molar-refractivity contribution in [1.82, 2.24) is 15.2 Å². The highest BCUT2D eigenvalue weighted by Crippen LogP contribution is 2.18. The van der Waals surface area contributed by atoms with Gasteiger partial charge in [-0.15, -0.1) is 11.3 Å². The van der Waals surface area contributed by atoms with E-state index in [-0.39, 0.29) is 0 Å². The van der Waals surface area contributed by atoms with Crippen molar-refractivity contribution in [1.29, 1.82) is 0 Å². The second kappa shape index (κ2) is 5.41. The first-order chi connectivity index (χ1) is 9.20. The minimum atomic E-state index is 0.916. The van der Waals surface area contributed by atoms with E-state index >= 15 is 0 Å². The van der Waals surface area contributed by atoms with Crippen LogP contribution in [0.25, 0.3) is 0 Å². The normalized spacial score (nSPS) is 14.1. The zero-order chi connectivity index (χ0) is 13.2. The summed E-state index contributed by atoms with van der Waals surface area (Å²) in [5.41, 5.74) is 5.46. The molecule has 100 valence electrons. The predicted molar refractivity (Wildman–Crippen MR) is 79.0 cm³/mol. The van der Waals surface area contributed by atoms with E-state index in [1.807, 2.05) is 0 Å². The Labute approximate surface area is 118 Å². The minimum Gasteiger partial charge on any atom is -0.309 e. The molecule has 0 spiro atoms. The summed E-state index contributed by atoms with van der Waals surface area (Å²) < 4.78 is 0. The van der Waals surface area contributed by atoms with Gasteiger partial charge in [-0.05, 0) is 30.7 Å². The van der Waals surface area contributed by atoms with Crippen LogP contribution in [-0.4, -0.2) is 16.9 Å². The van der Waals surface area contributed by atoms with Gasteiger partial charge < -0.3 is 5.32 Å². The van der Waals surface area contributed by atoms with Crippen molar-refractivity contribution in [3.63, 3.8) is 0 Å². The fraction of sp³-hybridized carbons (Fsp3) is 0.400. The summed E-state index contributed by atoms with van der Waals surface area (Å²) in [7, 11) is 2.15. The number of hydrogen-bond acceptors (Lipinski definition) is 4. The molecule has 0 bridgehead atoms. The van der Waals surface area contributed by atoms with Crippen LogP contribution in [0.1, 0.15) is 27.4 Å². The van der Waals surface area contributed by atoms with Crippen molar-refractivity contribution in [2.75, 3.05) is 7.05 Å². The van der Waals surface area contributed by atoms with Gasteiger partial charge in [-0.1, -0.05) is 18.2 Å². The third kappa shape index (κ3) is 3.03. The Morgan fingerprint density at radius 2 is 2.11 bits per heavy atom. The Hall–Kier alpha value is -1.23. The maximum Gasteiger partial charge on any atom is 0.0897 e. The molecule has 0 aliphatic carbocycles.